The van der Waals surface area contributed by atoms with Gasteiger partial charge < -0.3 is 10.6 Å². The van der Waals surface area contributed by atoms with Gasteiger partial charge in [-0.25, -0.2) is 4.90 Å². The van der Waals surface area contributed by atoms with Crippen LogP contribution in [0.5, 0.6) is 0 Å². The van der Waals surface area contributed by atoms with Gasteiger partial charge in [0.25, 0.3) is 0 Å². The monoisotopic (exact) mass is 433 g/mol. The SMILES string of the molecule is O=C1C[C@H](Sc2ccc(NC(=S)Nc3ccccc3)cc2)C(=O)N1c1ccccc1. The van der Waals surface area contributed by atoms with Gasteiger partial charge in [-0.2, -0.15) is 0 Å². The number of carbonyl (C=O) groups excluding carboxylic acids is 2. The van der Waals surface area contributed by atoms with E-state index in [4.69, 9.17) is 12.2 Å². The third kappa shape index (κ3) is 4.69. The normalized spacial score (nSPS) is 15.9. The Hall–Kier alpha value is -3.16. The van der Waals surface area contributed by atoms with Crippen LogP contribution in [0.4, 0.5) is 17.1 Å². The van der Waals surface area contributed by atoms with E-state index in [9.17, 15) is 9.59 Å². The summed E-state index contributed by atoms with van der Waals surface area (Å²) in [5, 5.41) is 6.34. The van der Waals surface area contributed by atoms with E-state index < -0.39 is 5.25 Å². The standard InChI is InChI=1S/C23H19N3O2S2/c27-21-15-20(22(28)26(21)18-9-5-2-6-10-18)30-19-13-11-17(12-14-19)25-23(29)24-16-7-3-1-4-8-16/h1-14,20H,15H2,(H2,24,25,29)/t20-/m0/s1. The van der Waals surface area contributed by atoms with Gasteiger partial charge in [0.15, 0.2) is 5.11 Å². The summed E-state index contributed by atoms with van der Waals surface area (Å²) in [4.78, 5) is 27.3. The van der Waals surface area contributed by atoms with Crippen molar-refractivity contribution in [3.05, 3.63) is 84.9 Å². The third-order valence-electron chi connectivity index (χ3n) is 4.54. The average Bonchev–Trinajstić information content (AvgIpc) is 3.03. The summed E-state index contributed by atoms with van der Waals surface area (Å²) in [6.07, 6.45) is 0.198. The van der Waals surface area contributed by atoms with E-state index in [2.05, 4.69) is 10.6 Å². The van der Waals surface area contributed by atoms with E-state index in [0.29, 0.717) is 10.8 Å². The van der Waals surface area contributed by atoms with Gasteiger partial charge in [0, 0.05) is 22.7 Å². The first-order valence-corrected chi connectivity index (χ1v) is 10.7. The van der Waals surface area contributed by atoms with E-state index in [0.717, 1.165) is 16.3 Å². The molecule has 3 aromatic rings. The number of amides is 2. The Kier molecular flexibility index (Phi) is 6.11. The summed E-state index contributed by atoms with van der Waals surface area (Å²) < 4.78 is 0. The highest BCUT2D eigenvalue weighted by Crippen LogP contribution is 2.34. The maximum Gasteiger partial charge on any atom is 0.247 e. The summed E-state index contributed by atoms with van der Waals surface area (Å²) >= 11 is 6.74. The van der Waals surface area contributed by atoms with Gasteiger partial charge in [-0.1, -0.05) is 36.4 Å². The number of rotatable bonds is 5. The number of thioether (sulfide) groups is 1. The molecule has 2 N–H and O–H groups in total. The molecule has 7 heteroatoms. The Morgan fingerprint density at radius 1 is 0.833 bits per heavy atom. The van der Waals surface area contributed by atoms with Gasteiger partial charge in [-0.05, 0) is 60.7 Å². The van der Waals surface area contributed by atoms with Crippen LogP contribution < -0.4 is 15.5 Å². The molecule has 150 valence electrons. The van der Waals surface area contributed by atoms with Crippen LogP contribution in [0.15, 0.2) is 89.8 Å². The number of thiocarbonyl (C=S) groups is 1. The number of nitrogens with zero attached hydrogens (tertiary/aromatic N) is 1. The van der Waals surface area contributed by atoms with E-state index >= 15 is 0 Å². The fourth-order valence-electron chi connectivity index (χ4n) is 3.14. The molecule has 30 heavy (non-hydrogen) atoms. The second-order valence-electron chi connectivity index (χ2n) is 6.68. The van der Waals surface area contributed by atoms with Crippen molar-refractivity contribution < 1.29 is 9.59 Å². The minimum Gasteiger partial charge on any atom is -0.332 e. The number of nitrogens with one attached hydrogen (secondary N) is 2. The summed E-state index contributed by atoms with van der Waals surface area (Å²) in [6.45, 7) is 0. The highest BCUT2D eigenvalue weighted by Gasteiger charge is 2.39. The van der Waals surface area contributed by atoms with Crippen LogP contribution in [0, 0.1) is 0 Å². The first-order chi connectivity index (χ1) is 14.6. The smallest absolute Gasteiger partial charge is 0.247 e. The van der Waals surface area contributed by atoms with Gasteiger partial charge in [0.05, 0.1) is 10.9 Å². The predicted molar refractivity (Wildman–Crippen MR) is 126 cm³/mol. The van der Waals surface area contributed by atoms with Crippen molar-refractivity contribution in [2.24, 2.45) is 0 Å². The van der Waals surface area contributed by atoms with Gasteiger partial charge >= 0.3 is 0 Å². The van der Waals surface area contributed by atoms with Gasteiger partial charge in [0.2, 0.25) is 11.8 Å². The number of hydrogen-bond donors (Lipinski definition) is 2. The Morgan fingerprint density at radius 3 is 2.03 bits per heavy atom. The molecule has 1 atom stereocenters. The number of carbonyl (C=O) groups is 2. The minimum atomic E-state index is -0.419. The Morgan fingerprint density at radius 2 is 1.40 bits per heavy atom. The molecule has 3 aromatic carbocycles. The molecule has 0 bridgehead atoms. The molecule has 1 fully saturated rings. The average molecular weight is 434 g/mol. The fourth-order valence-corrected chi connectivity index (χ4v) is 4.43. The molecular weight excluding hydrogens is 414 g/mol. The lowest BCUT2D eigenvalue weighted by molar-refractivity contribution is -0.121. The Balaban J connectivity index is 1.36. The molecule has 0 aliphatic carbocycles. The van der Waals surface area contributed by atoms with E-state index in [1.165, 1.54) is 16.7 Å². The lowest BCUT2D eigenvalue weighted by Crippen LogP contribution is -2.30. The van der Waals surface area contributed by atoms with Crippen molar-refractivity contribution in [2.45, 2.75) is 16.6 Å². The van der Waals surface area contributed by atoms with Crippen LogP contribution in [0.1, 0.15) is 6.42 Å². The molecule has 1 heterocycles. The maximum atomic E-state index is 12.8. The van der Waals surface area contributed by atoms with Crippen molar-refractivity contribution in [3.8, 4) is 0 Å². The Labute approximate surface area is 184 Å². The van der Waals surface area contributed by atoms with Crippen LogP contribution in [-0.2, 0) is 9.59 Å². The second kappa shape index (κ2) is 9.11. The zero-order chi connectivity index (χ0) is 20.9. The molecule has 1 saturated heterocycles. The highest BCUT2D eigenvalue weighted by molar-refractivity contribution is 8.00. The lowest BCUT2D eigenvalue weighted by atomic mass is 10.3. The van der Waals surface area contributed by atoms with Crippen molar-refractivity contribution in [2.75, 3.05) is 15.5 Å². The van der Waals surface area contributed by atoms with Crippen LogP contribution in [0.2, 0.25) is 0 Å². The zero-order valence-corrected chi connectivity index (χ0v) is 17.6. The number of benzene rings is 3. The Bertz CT molecular complexity index is 1060. The fraction of sp³-hybridized carbons (Fsp3) is 0.0870. The van der Waals surface area contributed by atoms with Crippen LogP contribution >= 0.6 is 24.0 Å². The van der Waals surface area contributed by atoms with Crippen molar-refractivity contribution >= 4 is 58.0 Å². The summed E-state index contributed by atoms with van der Waals surface area (Å²) in [5.74, 6) is -0.342. The molecule has 0 aromatic heterocycles. The molecule has 0 unspecified atom stereocenters. The van der Waals surface area contributed by atoms with Crippen LogP contribution in [-0.4, -0.2) is 22.2 Å². The largest absolute Gasteiger partial charge is 0.332 e. The van der Waals surface area contributed by atoms with Crippen molar-refractivity contribution in [1.82, 2.24) is 0 Å². The molecule has 4 rings (SSSR count). The predicted octanol–water partition coefficient (Wildman–Crippen LogP) is 4.92. The van der Waals surface area contributed by atoms with Gasteiger partial charge in [0.1, 0.15) is 0 Å². The molecule has 0 radical (unpaired) electrons. The highest BCUT2D eigenvalue weighted by atomic mass is 32.2. The van der Waals surface area contributed by atoms with Gasteiger partial charge in [-0.3, -0.25) is 9.59 Å². The molecule has 0 spiro atoms. The second-order valence-corrected chi connectivity index (χ2v) is 8.37. The van der Waals surface area contributed by atoms with Crippen molar-refractivity contribution in [1.29, 1.82) is 0 Å². The third-order valence-corrected chi connectivity index (χ3v) is 5.94. The first kappa shape index (κ1) is 20.1. The number of para-hydroxylation sites is 2. The van der Waals surface area contributed by atoms with Crippen LogP contribution in [0.25, 0.3) is 0 Å². The molecular formula is C23H19N3O2S2. The quantitative estimate of drug-likeness (QED) is 0.440. The summed E-state index contributed by atoms with van der Waals surface area (Å²) in [7, 11) is 0. The first-order valence-electron chi connectivity index (χ1n) is 9.42. The molecule has 1 aliphatic rings. The molecule has 0 saturated carbocycles. The molecule has 1 aliphatic heterocycles. The van der Waals surface area contributed by atoms with Crippen molar-refractivity contribution in [3.63, 3.8) is 0 Å². The summed E-state index contributed by atoms with van der Waals surface area (Å²) in [6, 6.07) is 26.4. The van der Waals surface area contributed by atoms with E-state index in [1.54, 1.807) is 12.1 Å². The minimum absolute atomic E-state index is 0.167. The lowest BCUT2D eigenvalue weighted by Gasteiger charge is -2.15. The molecule has 2 amide bonds. The van der Waals surface area contributed by atoms with E-state index in [-0.39, 0.29) is 18.2 Å². The number of imide groups is 1. The maximum absolute atomic E-state index is 12.8. The number of hydrogen-bond acceptors (Lipinski definition) is 4. The number of anilines is 3. The topological polar surface area (TPSA) is 61.4 Å². The summed E-state index contributed by atoms with van der Waals surface area (Å²) in [5.41, 5.74) is 2.37. The van der Waals surface area contributed by atoms with Crippen LogP contribution in [0.3, 0.4) is 0 Å². The van der Waals surface area contributed by atoms with Gasteiger partial charge in [-0.15, -0.1) is 11.8 Å². The zero-order valence-electron chi connectivity index (χ0n) is 15.9. The molecule has 5 nitrogen and oxygen atoms in total. The van der Waals surface area contributed by atoms with E-state index in [1.807, 2.05) is 72.8 Å².